The van der Waals surface area contributed by atoms with Crippen molar-refractivity contribution in [3.63, 3.8) is 0 Å². The number of nitrogens with zero attached hydrogens (tertiary/aromatic N) is 1. The van der Waals surface area contributed by atoms with Crippen molar-refractivity contribution < 1.29 is 23.9 Å². The van der Waals surface area contributed by atoms with E-state index in [0.29, 0.717) is 35.7 Å². The summed E-state index contributed by atoms with van der Waals surface area (Å²) >= 11 is 1.33. The third-order valence-corrected chi connectivity index (χ3v) is 9.80. The predicted octanol–water partition coefficient (Wildman–Crippen LogP) is 6.77. The van der Waals surface area contributed by atoms with Crippen molar-refractivity contribution in [2.24, 2.45) is 17.6 Å². The van der Waals surface area contributed by atoms with Gasteiger partial charge in [-0.2, -0.15) is 0 Å². The molecule has 2 aromatic carbocycles. The normalized spacial score (nSPS) is 24.5. The van der Waals surface area contributed by atoms with E-state index in [1.54, 1.807) is 0 Å². The first-order valence-electron chi connectivity index (χ1n) is 14.4. The molecule has 2 N–H and O–H groups in total. The highest BCUT2D eigenvalue weighted by molar-refractivity contribution is 7.17. The van der Waals surface area contributed by atoms with Crippen LogP contribution in [0, 0.1) is 11.8 Å². The van der Waals surface area contributed by atoms with Crippen molar-refractivity contribution in [3.8, 4) is 10.4 Å². The standard InChI is InChI=1S/C33H38N2O5S/c1-22-15-17-25(18-16-22)30(36)33(34)27(14-9-19-35(33)32(38)40-21-23-10-5-3-6-11-23)26-20-28(24-12-7-4-8-13-24)41-29(26)31(37)39-2/h3-8,10-13,20,22,25,27H,9,14-19,21,34H2,1-2H3. The van der Waals surface area contributed by atoms with Crippen LogP contribution in [-0.2, 0) is 20.9 Å². The van der Waals surface area contributed by atoms with Gasteiger partial charge in [-0.25, -0.2) is 9.59 Å². The molecule has 7 nitrogen and oxygen atoms in total. The van der Waals surface area contributed by atoms with Gasteiger partial charge < -0.3 is 15.2 Å². The lowest BCUT2D eigenvalue weighted by molar-refractivity contribution is -0.139. The second-order valence-electron chi connectivity index (χ2n) is 11.3. The minimum absolute atomic E-state index is 0.0794. The van der Waals surface area contributed by atoms with Crippen LogP contribution in [0.4, 0.5) is 4.79 Å². The number of esters is 1. The summed E-state index contributed by atoms with van der Waals surface area (Å²) in [5.74, 6) is -0.908. The number of rotatable bonds is 7. The van der Waals surface area contributed by atoms with Gasteiger partial charge in [0.05, 0.1) is 7.11 Å². The number of carbonyl (C=O) groups excluding carboxylic acids is 3. The highest BCUT2D eigenvalue weighted by atomic mass is 32.1. The Morgan fingerprint density at radius 1 is 0.976 bits per heavy atom. The number of hydrogen-bond donors (Lipinski definition) is 1. The number of nitrogens with two attached hydrogens (primary N) is 1. The van der Waals surface area contributed by atoms with Crippen LogP contribution in [0.2, 0.25) is 0 Å². The third-order valence-electron chi connectivity index (χ3n) is 8.62. The van der Waals surface area contributed by atoms with E-state index in [1.165, 1.54) is 23.3 Å². The molecule has 2 aliphatic rings. The van der Waals surface area contributed by atoms with Crippen LogP contribution in [0.15, 0.2) is 66.7 Å². The summed E-state index contributed by atoms with van der Waals surface area (Å²) in [6.45, 7) is 2.59. The number of piperidine rings is 1. The molecule has 216 valence electrons. The Morgan fingerprint density at radius 3 is 2.29 bits per heavy atom. The van der Waals surface area contributed by atoms with Crippen LogP contribution in [0.5, 0.6) is 0 Å². The van der Waals surface area contributed by atoms with E-state index in [0.717, 1.165) is 41.7 Å². The van der Waals surface area contributed by atoms with E-state index < -0.39 is 23.6 Å². The summed E-state index contributed by atoms with van der Waals surface area (Å²) in [6, 6.07) is 21.2. The van der Waals surface area contributed by atoms with E-state index in [4.69, 9.17) is 15.2 Å². The summed E-state index contributed by atoms with van der Waals surface area (Å²) in [4.78, 5) is 44.0. The Labute approximate surface area is 245 Å². The molecule has 2 unspecified atom stereocenters. The van der Waals surface area contributed by atoms with Crippen LogP contribution in [-0.4, -0.2) is 42.1 Å². The van der Waals surface area contributed by atoms with Gasteiger partial charge in [-0.05, 0) is 54.4 Å². The lowest BCUT2D eigenvalue weighted by atomic mass is 9.70. The largest absolute Gasteiger partial charge is 0.465 e. The van der Waals surface area contributed by atoms with Gasteiger partial charge in [0.15, 0.2) is 11.4 Å². The number of carbonyl (C=O) groups is 3. The summed E-state index contributed by atoms with van der Waals surface area (Å²) in [6.07, 6.45) is 3.93. The number of hydrogen-bond acceptors (Lipinski definition) is 7. The van der Waals surface area contributed by atoms with Crippen LogP contribution in [0.1, 0.15) is 72.2 Å². The number of amides is 1. The van der Waals surface area contributed by atoms with Gasteiger partial charge in [0, 0.05) is 23.3 Å². The first kappa shape index (κ1) is 29.0. The summed E-state index contributed by atoms with van der Waals surface area (Å²) in [5, 5.41) is 0. The van der Waals surface area contributed by atoms with Gasteiger partial charge in [-0.1, -0.05) is 80.4 Å². The molecule has 41 heavy (non-hydrogen) atoms. The fourth-order valence-corrected chi connectivity index (χ4v) is 7.44. The second kappa shape index (κ2) is 12.6. The molecule has 1 amide bonds. The highest BCUT2D eigenvalue weighted by Gasteiger charge is 2.55. The molecule has 5 rings (SSSR count). The molecule has 2 fully saturated rings. The minimum atomic E-state index is -1.66. The van der Waals surface area contributed by atoms with Crippen LogP contribution >= 0.6 is 11.3 Å². The lowest BCUT2D eigenvalue weighted by Gasteiger charge is -2.49. The molecule has 0 bridgehead atoms. The highest BCUT2D eigenvalue weighted by Crippen LogP contribution is 2.47. The van der Waals surface area contributed by atoms with Crippen molar-refractivity contribution in [2.75, 3.05) is 13.7 Å². The van der Waals surface area contributed by atoms with Gasteiger partial charge in [0.2, 0.25) is 0 Å². The summed E-state index contributed by atoms with van der Waals surface area (Å²) < 4.78 is 10.9. The number of likely N-dealkylation sites (tertiary alicyclic amines) is 1. The van der Waals surface area contributed by atoms with Crippen LogP contribution < -0.4 is 5.73 Å². The third kappa shape index (κ3) is 5.95. The quantitative estimate of drug-likeness (QED) is 0.313. The number of Topliss-reactive ketones (excluding diaryl/α,β-unsaturated/α-hetero) is 1. The van der Waals surface area contributed by atoms with Gasteiger partial charge >= 0.3 is 12.1 Å². The molecule has 0 spiro atoms. The summed E-state index contributed by atoms with van der Waals surface area (Å²) in [7, 11) is 1.35. The van der Waals surface area contributed by atoms with Crippen LogP contribution in [0.25, 0.3) is 10.4 Å². The van der Waals surface area contributed by atoms with Crippen molar-refractivity contribution >= 4 is 29.2 Å². The Balaban J connectivity index is 1.55. The van der Waals surface area contributed by atoms with Gasteiger partial charge in [0.1, 0.15) is 11.5 Å². The fraction of sp³-hybridized carbons (Fsp3) is 0.424. The second-order valence-corrected chi connectivity index (χ2v) is 12.3. The molecule has 1 aromatic heterocycles. The molecule has 1 aliphatic carbocycles. The molecule has 1 saturated heterocycles. The molecule has 3 aromatic rings. The molecule has 2 atom stereocenters. The molecule has 1 aliphatic heterocycles. The van der Waals surface area contributed by atoms with Gasteiger partial charge in [-0.15, -0.1) is 11.3 Å². The lowest BCUT2D eigenvalue weighted by Crippen LogP contribution is -2.70. The monoisotopic (exact) mass is 574 g/mol. The number of thiophene rings is 1. The Hall–Kier alpha value is -3.49. The Bertz CT molecular complexity index is 1370. The predicted molar refractivity (Wildman–Crippen MR) is 159 cm³/mol. The van der Waals surface area contributed by atoms with Crippen LogP contribution in [0.3, 0.4) is 0 Å². The van der Waals surface area contributed by atoms with E-state index in [-0.39, 0.29) is 18.3 Å². The van der Waals surface area contributed by atoms with Gasteiger partial charge in [0.25, 0.3) is 0 Å². The molecule has 2 heterocycles. The molecule has 1 saturated carbocycles. The molecule has 8 heteroatoms. The zero-order valence-corrected chi connectivity index (χ0v) is 24.5. The fourth-order valence-electron chi connectivity index (χ4n) is 6.29. The van der Waals surface area contributed by atoms with E-state index in [2.05, 4.69) is 6.92 Å². The Morgan fingerprint density at radius 2 is 1.63 bits per heavy atom. The number of ether oxygens (including phenoxy) is 2. The SMILES string of the molecule is COC(=O)c1sc(-c2ccccc2)cc1C1CCCN(C(=O)OCc2ccccc2)C1(N)C(=O)C1CCC(C)CC1. The van der Waals surface area contributed by atoms with E-state index >= 15 is 0 Å². The smallest absolute Gasteiger partial charge is 0.411 e. The van der Waals surface area contributed by atoms with E-state index in [1.807, 2.05) is 66.7 Å². The first-order chi connectivity index (χ1) is 19.8. The first-order valence-corrected chi connectivity index (χ1v) is 15.2. The van der Waals surface area contributed by atoms with Gasteiger partial charge in [-0.3, -0.25) is 9.69 Å². The Kier molecular flexibility index (Phi) is 8.90. The maximum absolute atomic E-state index is 14.5. The minimum Gasteiger partial charge on any atom is -0.465 e. The average molecular weight is 575 g/mol. The number of methoxy groups -OCH3 is 1. The topological polar surface area (TPSA) is 98.9 Å². The molecule has 0 radical (unpaired) electrons. The maximum atomic E-state index is 14.5. The number of ketones is 1. The number of benzene rings is 2. The van der Waals surface area contributed by atoms with Crippen molar-refractivity contribution in [2.45, 2.75) is 63.6 Å². The van der Waals surface area contributed by atoms with Crippen molar-refractivity contribution in [1.82, 2.24) is 4.90 Å². The zero-order chi connectivity index (χ0) is 29.0. The molecular weight excluding hydrogens is 536 g/mol. The maximum Gasteiger partial charge on any atom is 0.411 e. The zero-order valence-electron chi connectivity index (χ0n) is 23.7. The van der Waals surface area contributed by atoms with E-state index in [9.17, 15) is 14.4 Å². The van der Waals surface area contributed by atoms with Crippen molar-refractivity contribution in [3.05, 3.63) is 82.7 Å². The molecular formula is C33H38N2O5S. The van der Waals surface area contributed by atoms with Crippen molar-refractivity contribution in [1.29, 1.82) is 0 Å². The summed E-state index contributed by atoms with van der Waals surface area (Å²) in [5.41, 5.74) is 8.05. The average Bonchev–Trinajstić information content (AvgIpc) is 3.46.